The molecule has 0 spiro atoms. The average molecular weight is 205 g/mol. The molecule has 0 saturated carbocycles. The zero-order chi connectivity index (χ0) is 10.8. The predicted octanol–water partition coefficient (Wildman–Crippen LogP) is 2.45. The fourth-order valence-corrected chi connectivity index (χ4v) is 1.95. The average Bonchev–Trinajstić information content (AvgIpc) is 2.65. The number of nitrogens with zero attached hydrogens (tertiary/aromatic N) is 3. The first-order chi connectivity index (χ1) is 7.16. The molecule has 82 valence electrons. The molecule has 0 amide bonds. The standard InChI is InChI=1S/C12H19N3/c1-9(2)11-4-6-13-12(14-11)15-7-5-10(3)8-15/h4,6,9-10H,5,7-8H2,1-3H3/t10-/m0/s1. The van der Waals surface area contributed by atoms with Gasteiger partial charge in [-0.1, -0.05) is 20.8 Å². The smallest absolute Gasteiger partial charge is 0.225 e. The van der Waals surface area contributed by atoms with Crippen LogP contribution < -0.4 is 4.90 Å². The lowest BCUT2D eigenvalue weighted by atomic mass is 10.1. The quantitative estimate of drug-likeness (QED) is 0.742. The van der Waals surface area contributed by atoms with Crippen LogP contribution in [0.2, 0.25) is 0 Å². The van der Waals surface area contributed by atoms with Crippen LogP contribution >= 0.6 is 0 Å². The van der Waals surface area contributed by atoms with E-state index in [2.05, 4.69) is 35.6 Å². The molecule has 1 aromatic heterocycles. The molecule has 0 aliphatic carbocycles. The second-order valence-corrected chi connectivity index (χ2v) is 4.78. The van der Waals surface area contributed by atoms with E-state index in [0.717, 1.165) is 30.6 Å². The van der Waals surface area contributed by atoms with Crippen LogP contribution in [-0.2, 0) is 0 Å². The zero-order valence-electron chi connectivity index (χ0n) is 9.77. The van der Waals surface area contributed by atoms with Crippen molar-refractivity contribution in [1.82, 2.24) is 9.97 Å². The molecule has 15 heavy (non-hydrogen) atoms. The summed E-state index contributed by atoms with van der Waals surface area (Å²) in [4.78, 5) is 11.2. The van der Waals surface area contributed by atoms with Crippen molar-refractivity contribution in [3.63, 3.8) is 0 Å². The summed E-state index contributed by atoms with van der Waals surface area (Å²) < 4.78 is 0. The van der Waals surface area contributed by atoms with E-state index in [9.17, 15) is 0 Å². The first kappa shape index (κ1) is 10.4. The molecule has 0 bridgehead atoms. The summed E-state index contributed by atoms with van der Waals surface area (Å²) in [6.45, 7) is 8.81. The Morgan fingerprint density at radius 3 is 2.87 bits per heavy atom. The second-order valence-electron chi connectivity index (χ2n) is 4.78. The highest BCUT2D eigenvalue weighted by atomic mass is 15.3. The fourth-order valence-electron chi connectivity index (χ4n) is 1.95. The summed E-state index contributed by atoms with van der Waals surface area (Å²) in [5.74, 6) is 2.16. The molecule has 1 aliphatic rings. The molecular weight excluding hydrogens is 186 g/mol. The van der Waals surface area contributed by atoms with Gasteiger partial charge in [-0.15, -0.1) is 0 Å². The van der Waals surface area contributed by atoms with E-state index in [1.54, 1.807) is 0 Å². The van der Waals surface area contributed by atoms with Crippen LogP contribution in [0, 0.1) is 5.92 Å². The van der Waals surface area contributed by atoms with Gasteiger partial charge in [0.2, 0.25) is 5.95 Å². The van der Waals surface area contributed by atoms with Crippen LogP contribution in [0.15, 0.2) is 12.3 Å². The lowest BCUT2D eigenvalue weighted by molar-refractivity contribution is 0.657. The summed E-state index contributed by atoms with van der Waals surface area (Å²) in [5, 5.41) is 0. The maximum Gasteiger partial charge on any atom is 0.225 e. The minimum absolute atomic E-state index is 0.478. The Hall–Kier alpha value is -1.12. The van der Waals surface area contributed by atoms with Gasteiger partial charge in [0, 0.05) is 25.0 Å². The van der Waals surface area contributed by atoms with Gasteiger partial charge >= 0.3 is 0 Å². The van der Waals surface area contributed by atoms with E-state index >= 15 is 0 Å². The van der Waals surface area contributed by atoms with Crippen LogP contribution in [0.25, 0.3) is 0 Å². The molecule has 3 heteroatoms. The van der Waals surface area contributed by atoms with Gasteiger partial charge < -0.3 is 4.90 Å². The Balaban J connectivity index is 2.18. The summed E-state index contributed by atoms with van der Waals surface area (Å²) in [6, 6.07) is 2.01. The molecule has 0 unspecified atom stereocenters. The van der Waals surface area contributed by atoms with Crippen molar-refractivity contribution >= 4 is 5.95 Å². The Labute approximate surface area is 91.5 Å². The van der Waals surface area contributed by atoms with Crippen LogP contribution in [-0.4, -0.2) is 23.1 Å². The first-order valence-corrected chi connectivity index (χ1v) is 5.74. The van der Waals surface area contributed by atoms with E-state index in [1.165, 1.54) is 6.42 Å². The molecule has 1 aromatic rings. The second kappa shape index (κ2) is 4.17. The maximum atomic E-state index is 4.60. The largest absolute Gasteiger partial charge is 0.341 e. The fraction of sp³-hybridized carbons (Fsp3) is 0.667. The molecule has 1 fully saturated rings. The summed E-state index contributed by atoms with van der Waals surface area (Å²) >= 11 is 0. The van der Waals surface area contributed by atoms with E-state index in [-0.39, 0.29) is 0 Å². The van der Waals surface area contributed by atoms with Crippen molar-refractivity contribution in [2.45, 2.75) is 33.1 Å². The third-order valence-corrected chi connectivity index (χ3v) is 2.96. The Bertz CT molecular complexity index is 335. The van der Waals surface area contributed by atoms with E-state index < -0.39 is 0 Å². The van der Waals surface area contributed by atoms with Crippen molar-refractivity contribution in [1.29, 1.82) is 0 Å². The molecule has 3 nitrogen and oxygen atoms in total. The van der Waals surface area contributed by atoms with Gasteiger partial charge in [-0.3, -0.25) is 0 Å². The summed E-state index contributed by atoms with van der Waals surface area (Å²) in [6.07, 6.45) is 3.13. The van der Waals surface area contributed by atoms with E-state index in [4.69, 9.17) is 0 Å². The van der Waals surface area contributed by atoms with Crippen molar-refractivity contribution in [2.75, 3.05) is 18.0 Å². The number of anilines is 1. The number of rotatable bonds is 2. The highest BCUT2D eigenvalue weighted by Crippen LogP contribution is 2.21. The maximum absolute atomic E-state index is 4.60. The summed E-state index contributed by atoms with van der Waals surface area (Å²) in [5.41, 5.74) is 1.14. The van der Waals surface area contributed by atoms with Crippen LogP contribution in [0.3, 0.4) is 0 Å². The van der Waals surface area contributed by atoms with Crippen molar-refractivity contribution in [3.05, 3.63) is 18.0 Å². The van der Waals surface area contributed by atoms with Gasteiger partial charge in [-0.2, -0.15) is 0 Å². The van der Waals surface area contributed by atoms with Gasteiger partial charge in [0.15, 0.2) is 0 Å². The topological polar surface area (TPSA) is 29.0 Å². The van der Waals surface area contributed by atoms with Crippen LogP contribution in [0.5, 0.6) is 0 Å². The lowest BCUT2D eigenvalue weighted by Crippen LogP contribution is -2.22. The summed E-state index contributed by atoms with van der Waals surface area (Å²) in [7, 11) is 0. The van der Waals surface area contributed by atoms with Gasteiger partial charge in [0.05, 0.1) is 0 Å². The molecule has 2 heterocycles. The van der Waals surface area contributed by atoms with Gasteiger partial charge in [0.25, 0.3) is 0 Å². The SMILES string of the molecule is CC(C)c1ccnc(N2CC[C@H](C)C2)n1. The molecular formula is C12H19N3. The van der Waals surface area contributed by atoms with Crippen molar-refractivity contribution in [3.8, 4) is 0 Å². The Morgan fingerprint density at radius 2 is 2.27 bits per heavy atom. The normalized spacial score (nSPS) is 21.3. The Morgan fingerprint density at radius 1 is 1.47 bits per heavy atom. The molecule has 1 aliphatic heterocycles. The molecule has 0 aromatic carbocycles. The van der Waals surface area contributed by atoms with Crippen LogP contribution in [0.4, 0.5) is 5.95 Å². The number of aromatic nitrogens is 2. The molecule has 0 radical (unpaired) electrons. The Kier molecular flexibility index (Phi) is 2.89. The zero-order valence-corrected chi connectivity index (χ0v) is 9.77. The third-order valence-electron chi connectivity index (χ3n) is 2.96. The van der Waals surface area contributed by atoms with Gasteiger partial charge in [0.1, 0.15) is 0 Å². The molecule has 0 N–H and O–H groups in total. The lowest BCUT2D eigenvalue weighted by Gasteiger charge is -2.16. The minimum atomic E-state index is 0.478. The first-order valence-electron chi connectivity index (χ1n) is 5.74. The minimum Gasteiger partial charge on any atom is -0.341 e. The highest BCUT2D eigenvalue weighted by molar-refractivity contribution is 5.32. The number of hydrogen-bond donors (Lipinski definition) is 0. The van der Waals surface area contributed by atoms with Crippen LogP contribution in [0.1, 0.15) is 38.8 Å². The van der Waals surface area contributed by atoms with Gasteiger partial charge in [-0.25, -0.2) is 9.97 Å². The molecule has 1 atom stereocenters. The van der Waals surface area contributed by atoms with E-state index in [0.29, 0.717) is 5.92 Å². The molecule has 2 rings (SSSR count). The monoisotopic (exact) mass is 205 g/mol. The third kappa shape index (κ3) is 2.28. The predicted molar refractivity (Wildman–Crippen MR) is 62.1 cm³/mol. The molecule has 1 saturated heterocycles. The highest BCUT2D eigenvalue weighted by Gasteiger charge is 2.21. The van der Waals surface area contributed by atoms with Crippen molar-refractivity contribution in [2.24, 2.45) is 5.92 Å². The van der Waals surface area contributed by atoms with Crippen molar-refractivity contribution < 1.29 is 0 Å². The number of hydrogen-bond acceptors (Lipinski definition) is 3. The van der Waals surface area contributed by atoms with Gasteiger partial charge in [-0.05, 0) is 24.3 Å². The van der Waals surface area contributed by atoms with E-state index in [1.807, 2.05) is 12.3 Å².